The normalized spacial score (nSPS) is 10.0. The second-order valence-electron chi connectivity index (χ2n) is 4.90. The predicted molar refractivity (Wildman–Crippen MR) is 82.7 cm³/mol. The molecule has 8 heteroatoms. The first-order valence-electron chi connectivity index (χ1n) is 7.17. The third-order valence-corrected chi connectivity index (χ3v) is 3.05. The van der Waals surface area contributed by atoms with Gasteiger partial charge in [0.25, 0.3) is 5.91 Å². The molecule has 0 aromatic carbocycles. The predicted octanol–water partition coefficient (Wildman–Crippen LogP) is 0.606. The summed E-state index contributed by atoms with van der Waals surface area (Å²) in [5.41, 5.74) is 0.115. The number of nitrogens with one attached hydrogen (secondary N) is 1. The van der Waals surface area contributed by atoms with Crippen LogP contribution in [0.5, 0.6) is 0 Å². The van der Waals surface area contributed by atoms with Gasteiger partial charge in [-0.15, -0.1) is 0 Å². The topological polar surface area (TPSA) is 102 Å². The van der Waals surface area contributed by atoms with E-state index in [-0.39, 0.29) is 24.7 Å². The van der Waals surface area contributed by atoms with E-state index in [0.717, 1.165) is 0 Å². The Hall–Kier alpha value is -3.16. The van der Waals surface area contributed by atoms with E-state index in [4.69, 9.17) is 9.15 Å². The van der Waals surface area contributed by atoms with E-state index >= 15 is 0 Å². The highest BCUT2D eigenvalue weighted by molar-refractivity contribution is 5.90. The minimum atomic E-state index is -0.695. The second kappa shape index (κ2) is 8.47. The Morgan fingerprint density at radius 3 is 2.75 bits per heavy atom. The van der Waals surface area contributed by atoms with E-state index in [1.165, 1.54) is 30.5 Å². The van der Waals surface area contributed by atoms with Gasteiger partial charge < -0.3 is 19.4 Å². The summed E-state index contributed by atoms with van der Waals surface area (Å²) in [4.78, 5) is 40.3. The summed E-state index contributed by atoms with van der Waals surface area (Å²) in [7, 11) is 1.45. The molecule has 1 N–H and O–H groups in total. The third-order valence-electron chi connectivity index (χ3n) is 3.05. The van der Waals surface area contributed by atoms with Crippen LogP contribution in [-0.4, -0.2) is 47.9 Å². The van der Waals surface area contributed by atoms with Gasteiger partial charge in [-0.05, 0) is 24.3 Å². The minimum absolute atomic E-state index is 0.115. The Bertz CT molecular complexity index is 685. The Kier molecular flexibility index (Phi) is 6.07. The van der Waals surface area contributed by atoms with E-state index in [0.29, 0.717) is 5.76 Å². The largest absolute Gasteiger partial charge is 0.467 e. The molecule has 2 amide bonds. The highest BCUT2D eigenvalue weighted by Crippen LogP contribution is 1.99. The van der Waals surface area contributed by atoms with Crippen molar-refractivity contribution in [3.05, 3.63) is 54.2 Å². The zero-order valence-corrected chi connectivity index (χ0v) is 13.1. The molecular formula is C16H17N3O5. The van der Waals surface area contributed by atoms with Crippen molar-refractivity contribution in [2.24, 2.45) is 0 Å². The first-order valence-corrected chi connectivity index (χ1v) is 7.17. The van der Waals surface area contributed by atoms with Crippen LogP contribution < -0.4 is 5.32 Å². The molecule has 2 aromatic rings. The smallest absolute Gasteiger partial charge is 0.357 e. The number of likely N-dealkylation sites (N-methyl/N-ethyl adjacent to an activating group) is 1. The van der Waals surface area contributed by atoms with Gasteiger partial charge in [0.1, 0.15) is 11.5 Å². The molecule has 24 heavy (non-hydrogen) atoms. The monoisotopic (exact) mass is 331 g/mol. The minimum Gasteiger partial charge on any atom is -0.467 e. The molecule has 0 saturated heterocycles. The van der Waals surface area contributed by atoms with Crippen molar-refractivity contribution in [3.63, 3.8) is 0 Å². The van der Waals surface area contributed by atoms with Crippen molar-refractivity contribution in [3.8, 4) is 0 Å². The summed E-state index contributed by atoms with van der Waals surface area (Å²) in [6.45, 7) is -0.374. The van der Waals surface area contributed by atoms with Gasteiger partial charge in [-0.1, -0.05) is 6.07 Å². The molecule has 0 aliphatic carbocycles. The fraction of sp³-hybridized carbons (Fsp3) is 0.250. The van der Waals surface area contributed by atoms with Crippen LogP contribution in [0.2, 0.25) is 0 Å². The molecule has 0 bridgehead atoms. The molecule has 0 atom stereocenters. The number of furan rings is 1. The summed E-state index contributed by atoms with van der Waals surface area (Å²) < 4.78 is 9.96. The lowest BCUT2D eigenvalue weighted by Crippen LogP contribution is -2.39. The van der Waals surface area contributed by atoms with Gasteiger partial charge in [-0.3, -0.25) is 9.59 Å². The third kappa shape index (κ3) is 5.24. The fourth-order valence-electron chi connectivity index (χ4n) is 1.75. The highest BCUT2D eigenvalue weighted by atomic mass is 16.5. The Morgan fingerprint density at radius 1 is 1.25 bits per heavy atom. The molecule has 126 valence electrons. The van der Waals surface area contributed by atoms with E-state index in [2.05, 4.69) is 10.3 Å². The molecule has 2 aromatic heterocycles. The van der Waals surface area contributed by atoms with Crippen LogP contribution in [0, 0.1) is 0 Å². The lowest BCUT2D eigenvalue weighted by Gasteiger charge is -2.16. The van der Waals surface area contributed by atoms with Gasteiger partial charge in [-0.2, -0.15) is 0 Å². The molecule has 8 nitrogen and oxygen atoms in total. The Labute approximate surface area is 138 Å². The summed E-state index contributed by atoms with van der Waals surface area (Å²) in [6.07, 6.45) is 2.96. The van der Waals surface area contributed by atoms with Crippen LogP contribution in [0.15, 0.2) is 47.2 Å². The SMILES string of the molecule is CN(CC(=O)NCc1ccco1)C(=O)COC(=O)c1ccccn1. The molecule has 0 saturated carbocycles. The number of hydrogen-bond donors (Lipinski definition) is 1. The summed E-state index contributed by atoms with van der Waals surface area (Å²) in [5.74, 6) is -0.924. The fourth-order valence-corrected chi connectivity index (χ4v) is 1.75. The van der Waals surface area contributed by atoms with Gasteiger partial charge in [0, 0.05) is 13.2 Å². The van der Waals surface area contributed by atoms with Crippen LogP contribution in [0.3, 0.4) is 0 Å². The van der Waals surface area contributed by atoms with Crippen molar-refractivity contribution in [1.29, 1.82) is 0 Å². The number of pyridine rings is 1. The Balaban J connectivity index is 1.71. The molecule has 0 spiro atoms. The first-order chi connectivity index (χ1) is 11.6. The summed E-state index contributed by atoms with van der Waals surface area (Å²) >= 11 is 0. The lowest BCUT2D eigenvalue weighted by molar-refractivity contribution is -0.137. The first kappa shape index (κ1) is 17.2. The molecule has 2 rings (SSSR count). The van der Waals surface area contributed by atoms with Gasteiger partial charge in [0.2, 0.25) is 5.91 Å². The number of hydrogen-bond acceptors (Lipinski definition) is 6. The van der Waals surface area contributed by atoms with E-state index < -0.39 is 18.5 Å². The molecule has 0 fully saturated rings. The summed E-state index contributed by atoms with van der Waals surface area (Å²) in [6, 6.07) is 8.23. The highest BCUT2D eigenvalue weighted by Gasteiger charge is 2.16. The second-order valence-corrected chi connectivity index (χ2v) is 4.90. The standard InChI is InChI=1S/C16H17N3O5/c1-19(10-14(20)18-9-12-5-4-8-23-12)15(21)11-24-16(22)13-6-2-3-7-17-13/h2-8H,9-11H2,1H3,(H,18,20). The van der Waals surface area contributed by atoms with E-state index in [9.17, 15) is 14.4 Å². The number of esters is 1. The van der Waals surface area contributed by atoms with E-state index in [1.54, 1.807) is 24.3 Å². The lowest BCUT2D eigenvalue weighted by atomic mass is 10.3. The van der Waals surface area contributed by atoms with Crippen LogP contribution in [0.25, 0.3) is 0 Å². The zero-order valence-electron chi connectivity index (χ0n) is 13.1. The maximum atomic E-state index is 11.9. The van der Waals surface area contributed by atoms with Gasteiger partial charge in [0.05, 0.1) is 19.4 Å². The van der Waals surface area contributed by atoms with Crippen LogP contribution in [0.1, 0.15) is 16.2 Å². The van der Waals surface area contributed by atoms with Gasteiger partial charge >= 0.3 is 5.97 Å². The number of nitrogens with zero attached hydrogens (tertiary/aromatic N) is 2. The molecular weight excluding hydrogens is 314 g/mol. The van der Waals surface area contributed by atoms with Crippen molar-refractivity contribution in [1.82, 2.24) is 15.2 Å². The maximum absolute atomic E-state index is 11.9. The Morgan fingerprint density at radius 2 is 2.08 bits per heavy atom. The zero-order chi connectivity index (χ0) is 17.4. The van der Waals surface area contributed by atoms with Crippen molar-refractivity contribution < 1.29 is 23.5 Å². The average Bonchev–Trinajstić information content (AvgIpc) is 3.11. The molecule has 0 aliphatic rings. The quantitative estimate of drug-likeness (QED) is 0.746. The van der Waals surface area contributed by atoms with E-state index in [1.807, 2.05) is 0 Å². The number of carbonyl (C=O) groups excluding carboxylic acids is 3. The molecule has 0 aliphatic heterocycles. The number of carbonyl (C=O) groups is 3. The number of ether oxygens (including phenoxy) is 1. The van der Waals surface area contributed by atoms with Crippen molar-refractivity contribution in [2.75, 3.05) is 20.2 Å². The van der Waals surface area contributed by atoms with Crippen LogP contribution >= 0.6 is 0 Å². The van der Waals surface area contributed by atoms with Crippen molar-refractivity contribution in [2.45, 2.75) is 6.54 Å². The van der Waals surface area contributed by atoms with Gasteiger partial charge in [0.15, 0.2) is 6.61 Å². The van der Waals surface area contributed by atoms with Crippen molar-refractivity contribution >= 4 is 17.8 Å². The average molecular weight is 331 g/mol. The van der Waals surface area contributed by atoms with Crippen LogP contribution in [-0.2, 0) is 20.9 Å². The van der Waals surface area contributed by atoms with Crippen LogP contribution in [0.4, 0.5) is 0 Å². The molecule has 0 radical (unpaired) electrons. The molecule has 0 unspecified atom stereocenters. The van der Waals surface area contributed by atoms with Gasteiger partial charge in [-0.25, -0.2) is 9.78 Å². The number of aromatic nitrogens is 1. The number of rotatable bonds is 7. The number of amides is 2. The molecule has 2 heterocycles. The summed E-state index contributed by atoms with van der Waals surface area (Å²) in [5, 5.41) is 2.62. The maximum Gasteiger partial charge on any atom is 0.357 e.